The summed E-state index contributed by atoms with van der Waals surface area (Å²) in [5.74, 6) is 0.0493. The minimum absolute atomic E-state index is 0.0493. The SMILES string of the molecule is CCNCCS(=O)(=O)N(CCO)Cc1ccccc1. The highest BCUT2D eigenvalue weighted by Gasteiger charge is 2.21. The molecule has 1 rings (SSSR count). The van der Waals surface area contributed by atoms with E-state index in [1.165, 1.54) is 4.31 Å². The fourth-order valence-corrected chi connectivity index (χ4v) is 3.09. The monoisotopic (exact) mass is 286 g/mol. The van der Waals surface area contributed by atoms with Crippen LogP contribution in [0.4, 0.5) is 0 Å². The summed E-state index contributed by atoms with van der Waals surface area (Å²) in [5, 5.41) is 12.0. The number of rotatable bonds is 9. The van der Waals surface area contributed by atoms with Crippen LogP contribution in [0.25, 0.3) is 0 Å². The second-order valence-corrected chi connectivity index (χ2v) is 6.30. The smallest absolute Gasteiger partial charge is 0.215 e. The molecule has 0 unspecified atom stereocenters. The second kappa shape index (κ2) is 8.27. The third kappa shape index (κ3) is 5.69. The third-order valence-corrected chi connectivity index (χ3v) is 4.55. The minimum atomic E-state index is -3.34. The van der Waals surface area contributed by atoms with Gasteiger partial charge in [0.25, 0.3) is 0 Å². The van der Waals surface area contributed by atoms with Gasteiger partial charge in [0.1, 0.15) is 0 Å². The molecule has 1 aromatic carbocycles. The van der Waals surface area contributed by atoms with Crippen LogP contribution < -0.4 is 5.32 Å². The van der Waals surface area contributed by atoms with Crippen LogP contribution in [-0.4, -0.2) is 49.8 Å². The normalized spacial score (nSPS) is 11.9. The van der Waals surface area contributed by atoms with Crippen LogP contribution in [-0.2, 0) is 16.6 Å². The predicted molar refractivity (Wildman–Crippen MR) is 76.3 cm³/mol. The Morgan fingerprint density at radius 2 is 1.95 bits per heavy atom. The van der Waals surface area contributed by atoms with Crippen molar-refractivity contribution in [2.45, 2.75) is 13.5 Å². The predicted octanol–water partition coefficient (Wildman–Crippen LogP) is 0.420. The van der Waals surface area contributed by atoms with Crippen molar-refractivity contribution < 1.29 is 13.5 Å². The van der Waals surface area contributed by atoms with Crippen LogP contribution in [0.3, 0.4) is 0 Å². The highest BCUT2D eigenvalue weighted by Crippen LogP contribution is 2.09. The van der Waals surface area contributed by atoms with Gasteiger partial charge in [0.15, 0.2) is 0 Å². The Labute approximate surface area is 115 Å². The Kier molecular flexibility index (Phi) is 7.01. The first-order valence-corrected chi connectivity index (χ1v) is 8.04. The summed E-state index contributed by atoms with van der Waals surface area (Å²) in [7, 11) is -3.34. The van der Waals surface area contributed by atoms with Crippen molar-refractivity contribution in [3.05, 3.63) is 35.9 Å². The maximum Gasteiger partial charge on any atom is 0.215 e. The molecule has 0 saturated carbocycles. The quantitative estimate of drug-likeness (QED) is 0.646. The van der Waals surface area contributed by atoms with Crippen molar-refractivity contribution >= 4 is 10.0 Å². The Morgan fingerprint density at radius 3 is 2.53 bits per heavy atom. The van der Waals surface area contributed by atoms with Gasteiger partial charge in [0.05, 0.1) is 12.4 Å². The van der Waals surface area contributed by atoms with Gasteiger partial charge in [0.2, 0.25) is 10.0 Å². The molecule has 0 fully saturated rings. The summed E-state index contributed by atoms with van der Waals surface area (Å²) in [5.41, 5.74) is 0.919. The first-order chi connectivity index (χ1) is 9.10. The van der Waals surface area contributed by atoms with Gasteiger partial charge in [0, 0.05) is 19.6 Å². The highest BCUT2D eigenvalue weighted by atomic mass is 32.2. The highest BCUT2D eigenvalue weighted by molar-refractivity contribution is 7.89. The van der Waals surface area contributed by atoms with Crippen LogP contribution >= 0.6 is 0 Å². The molecule has 108 valence electrons. The van der Waals surface area contributed by atoms with Gasteiger partial charge in [-0.05, 0) is 12.1 Å². The summed E-state index contributed by atoms with van der Waals surface area (Å²) in [6.07, 6.45) is 0. The van der Waals surface area contributed by atoms with E-state index < -0.39 is 10.0 Å². The van der Waals surface area contributed by atoms with E-state index in [0.29, 0.717) is 13.1 Å². The lowest BCUT2D eigenvalue weighted by Crippen LogP contribution is -2.37. The molecule has 0 aliphatic carbocycles. The molecule has 1 aromatic rings. The van der Waals surface area contributed by atoms with Crippen LogP contribution in [0.1, 0.15) is 12.5 Å². The van der Waals surface area contributed by atoms with Gasteiger partial charge in [-0.2, -0.15) is 4.31 Å². The van der Waals surface area contributed by atoms with Crippen molar-refractivity contribution in [3.63, 3.8) is 0 Å². The van der Waals surface area contributed by atoms with Crippen LogP contribution in [0.2, 0.25) is 0 Å². The van der Waals surface area contributed by atoms with Gasteiger partial charge in [-0.15, -0.1) is 0 Å². The minimum Gasteiger partial charge on any atom is -0.395 e. The number of aliphatic hydroxyl groups excluding tert-OH is 1. The first kappa shape index (κ1) is 16.1. The first-order valence-electron chi connectivity index (χ1n) is 6.43. The van der Waals surface area contributed by atoms with Gasteiger partial charge < -0.3 is 10.4 Å². The number of hydrogen-bond acceptors (Lipinski definition) is 4. The van der Waals surface area contributed by atoms with E-state index in [2.05, 4.69) is 5.32 Å². The number of sulfonamides is 1. The molecule has 0 amide bonds. The summed E-state index contributed by atoms with van der Waals surface area (Å²) in [6.45, 7) is 3.36. The molecule has 0 spiro atoms. The van der Waals surface area contributed by atoms with E-state index in [4.69, 9.17) is 5.11 Å². The van der Waals surface area contributed by atoms with Crippen molar-refractivity contribution in [2.24, 2.45) is 0 Å². The van der Waals surface area contributed by atoms with Gasteiger partial charge in [-0.3, -0.25) is 0 Å². The Hall–Kier alpha value is -0.950. The van der Waals surface area contributed by atoms with E-state index in [1.807, 2.05) is 37.3 Å². The molecule has 0 heterocycles. The lowest BCUT2D eigenvalue weighted by molar-refractivity contribution is 0.251. The van der Waals surface area contributed by atoms with E-state index in [9.17, 15) is 8.42 Å². The van der Waals surface area contributed by atoms with Crippen molar-refractivity contribution in [1.29, 1.82) is 0 Å². The molecule has 0 atom stereocenters. The molecule has 2 N–H and O–H groups in total. The topological polar surface area (TPSA) is 69.6 Å². The molecule has 0 aliphatic rings. The molecular formula is C13H22N2O3S. The molecule has 5 nitrogen and oxygen atoms in total. The zero-order valence-electron chi connectivity index (χ0n) is 11.2. The zero-order valence-corrected chi connectivity index (χ0v) is 12.1. The molecule has 19 heavy (non-hydrogen) atoms. The van der Waals surface area contributed by atoms with Crippen molar-refractivity contribution in [3.8, 4) is 0 Å². The third-order valence-electron chi connectivity index (χ3n) is 2.73. The Morgan fingerprint density at radius 1 is 1.26 bits per heavy atom. The summed E-state index contributed by atoms with van der Waals surface area (Å²) in [4.78, 5) is 0. The maximum absolute atomic E-state index is 12.2. The fraction of sp³-hybridized carbons (Fsp3) is 0.538. The van der Waals surface area contributed by atoms with Crippen LogP contribution in [0.5, 0.6) is 0 Å². The fourth-order valence-electron chi connectivity index (χ4n) is 1.72. The average molecular weight is 286 g/mol. The molecule has 0 radical (unpaired) electrons. The lowest BCUT2D eigenvalue weighted by atomic mass is 10.2. The number of hydrogen-bond donors (Lipinski definition) is 2. The average Bonchev–Trinajstić information content (AvgIpc) is 2.39. The zero-order chi connectivity index (χ0) is 14.1. The van der Waals surface area contributed by atoms with E-state index in [-0.39, 0.29) is 18.9 Å². The van der Waals surface area contributed by atoms with Gasteiger partial charge in [-0.1, -0.05) is 37.3 Å². The van der Waals surface area contributed by atoms with Gasteiger partial charge in [-0.25, -0.2) is 8.42 Å². The van der Waals surface area contributed by atoms with Gasteiger partial charge >= 0.3 is 0 Å². The molecular weight excluding hydrogens is 264 g/mol. The standard InChI is InChI=1S/C13H22N2O3S/c1-2-14-8-11-19(17,18)15(9-10-16)12-13-6-4-3-5-7-13/h3-7,14,16H,2,8-12H2,1H3. The molecule has 0 saturated heterocycles. The molecule has 0 aromatic heterocycles. The maximum atomic E-state index is 12.2. The van der Waals surface area contributed by atoms with E-state index >= 15 is 0 Å². The molecule has 6 heteroatoms. The summed E-state index contributed by atoms with van der Waals surface area (Å²) < 4.78 is 25.7. The Balaban J connectivity index is 2.70. The Bertz CT molecular complexity index is 448. The largest absolute Gasteiger partial charge is 0.395 e. The summed E-state index contributed by atoms with van der Waals surface area (Å²) >= 11 is 0. The van der Waals surface area contributed by atoms with Crippen LogP contribution in [0.15, 0.2) is 30.3 Å². The number of nitrogens with zero attached hydrogens (tertiary/aromatic N) is 1. The van der Waals surface area contributed by atoms with Crippen molar-refractivity contribution in [1.82, 2.24) is 9.62 Å². The second-order valence-electron chi connectivity index (χ2n) is 4.21. The van der Waals surface area contributed by atoms with E-state index in [0.717, 1.165) is 12.1 Å². The molecule has 0 aliphatic heterocycles. The van der Waals surface area contributed by atoms with Crippen molar-refractivity contribution in [2.75, 3.05) is 32.0 Å². The molecule has 0 bridgehead atoms. The summed E-state index contributed by atoms with van der Waals surface area (Å²) in [6, 6.07) is 9.39. The van der Waals surface area contributed by atoms with Crippen LogP contribution in [0, 0.1) is 0 Å². The number of nitrogens with one attached hydrogen (secondary N) is 1. The lowest BCUT2D eigenvalue weighted by Gasteiger charge is -2.21. The van der Waals surface area contributed by atoms with E-state index in [1.54, 1.807) is 0 Å². The number of aliphatic hydroxyl groups is 1. The number of benzene rings is 1.